The van der Waals surface area contributed by atoms with E-state index in [9.17, 15) is 4.39 Å². The molecule has 0 fully saturated rings. The SMILES string of the molecule is N#Cc1cc(F)ccc1-c1c(Cl)cccc1Cl. The maximum absolute atomic E-state index is 13.0. The molecule has 0 saturated heterocycles. The largest absolute Gasteiger partial charge is 0.207 e. The second-order valence-electron chi connectivity index (χ2n) is 3.40. The summed E-state index contributed by atoms with van der Waals surface area (Å²) in [5.41, 5.74) is 1.29. The van der Waals surface area contributed by atoms with Crippen molar-refractivity contribution >= 4 is 23.2 Å². The first-order chi connectivity index (χ1) is 8.13. The fourth-order valence-corrected chi connectivity index (χ4v) is 2.18. The van der Waals surface area contributed by atoms with Crippen LogP contribution in [0, 0.1) is 17.1 Å². The summed E-state index contributed by atoms with van der Waals surface area (Å²) in [7, 11) is 0. The van der Waals surface area contributed by atoms with Crippen LogP contribution in [-0.4, -0.2) is 0 Å². The van der Waals surface area contributed by atoms with Crippen LogP contribution >= 0.6 is 23.2 Å². The topological polar surface area (TPSA) is 23.8 Å². The van der Waals surface area contributed by atoms with Gasteiger partial charge in [-0.3, -0.25) is 0 Å². The van der Waals surface area contributed by atoms with Gasteiger partial charge in [-0.2, -0.15) is 5.26 Å². The van der Waals surface area contributed by atoms with E-state index < -0.39 is 5.82 Å². The van der Waals surface area contributed by atoms with Crippen LogP contribution in [0.15, 0.2) is 36.4 Å². The van der Waals surface area contributed by atoms with E-state index >= 15 is 0 Å². The van der Waals surface area contributed by atoms with Gasteiger partial charge in [0.05, 0.1) is 11.6 Å². The van der Waals surface area contributed by atoms with Crippen LogP contribution in [0.5, 0.6) is 0 Å². The first-order valence-electron chi connectivity index (χ1n) is 4.77. The standard InChI is InChI=1S/C13H6Cl2FN/c14-11-2-1-3-12(15)13(11)10-5-4-9(16)6-8(10)7-17/h1-6H. The fourth-order valence-electron chi connectivity index (χ4n) is 1.58. The Balaban J connectivity index is 2.74. The highest BCUT2D eigenvalue weighted by Gasteiger charge is 2.12. The molecular formula is C13H6Cl2FN. The molecule has 0 aliphatic rings. The average Bonchev–Trinajstić information content (AvgIpc) is 2.30. The van der Waals surface area contributed by atoms with E-state index in [-0.39, 0.29) is 5.56 Å². The lowest BCUT2D eigenvalue weighted by Crippen LogP contribution is -1.88. The number of hydrogen-bond acceptors (Lipinski definition) is 1. The number of halogens is 3. The summed E-state index contributed by atoms with van der Waals surface area (Å²) >= 11 is 12.1. The van der Waals surface area contributed by atoms with Crippen LogP contribution in [0.2, 0.25) is 10.0 Å². The lowest BCUT2D eigenvalue weighted by Gasteiger charge is -2.08. The Bertz CT molecular complexity index is 597. The number of benzene rings is 2. The highest BCUT2D eigenvalue weighted by molar-refractivity contribution is 6.39. The Hall–Kier alpha value is -1.56. The lowest BCUT2D eigenvalue weighted by molar-refractivity contribution is 0.627. The quantitative estimate of drug-likeness (QED) is 0.735. The molecule has 17 heavy (non-hydrogen) atoms. The number of nitriles is 1. The normalized spacial score (nSPS) is 10.0. The van der Waals surface area contributed by atoms with Gasteiger partial charge < -0.3 is 0 Å². The molecule has 0 unspecified atom stereocenters. The minimum absolute atomic E-state index is 0.208. The smallest absolute Gasteiger partial charge is 0.124 e. The number of rotatable bonds is 1. The molecule has 0 bridgehead atoms. The van der Waals surface area contributed by atoms with Crippen LogP contribution in [-0.2, 0) is 0 Å². The monoisotopic (exact) mass is 265 g/mol. The molecule has 84 valence electrons. The second-order valence-corrected chi connectivity index (χ2v) is 4.21. The highest BCUT2D eigenvalue weighted by atomic mass is 35.5. The molecular weight excluding hydrogens is 260 g/mol. The van der Waals surface area contributed by atoms with Gasteiger partial charge in [0.2, 0.25) is 0 Å². The van der Waals surface area contributed by atoms with E-state index in [4.69, 9.17) is 28.5 Å². The summed E-state index contributed by atoms with van der Waals surface area (Å²) < 4.78 is 13.0. The zero-order valence-corrected chi connectivity index (χ0v) is 10.1. The van der Waals surface area contributed by atoms with Crippen LogP contribution in [0.25, 0.3) is 11.1 Å². The second kappa shape index (κ2) is 4.75. The predicted octanol–water partition coefficient (Wildman–Crippen LogP) is 4.67. The van der Waals surface area contributed by atoms with Gasteiger partial charge in [-0.25, -0.2) is 4.39 Å². The third kappa shape index (κ3) is 2.26. The molecule has 2 rings (SSSR count). The van der Waals surface area contributed by atoms with Gasteiger partial charge in [0, 0.05) is 21.2 Å². The van der Waals surface area contributed by atoms with Gasteiger partial charge in [-0.15, -0.1) is 0 Å². The summed E-state index contributed by atoms with van der Waals surface area (Å²) in [6.45, 7) is 0. The zero-order chi connectivity index (χ0) is 12.4. The van der Waals surface area contributed by atoms with Gasteiger partial charge in [0.15, 0.2) is 0 Å². The average molecular weight is 266 g/mol. The van der Waals surface area contributed by atoms with Gasteiger partial charge in [-0.05, 0) is 24.3 Å². The van der Waals surface area contributed by atoms with Gasteiger partial charge in [0.25, 0.3) is 0 Å². The summed E-state index contributed by atoms with van der Waals surface area (Å²) in [4.78, 5) is 0. The van der Waals surface area contributed by atoms with E-state index in [0.29, 0.717) is 21.2 Å². The van der Waals surface area contributed by atoms with Crippen LogP contribution in [0.4, 0.5) is 4.39 Å². The zero-order valence-electron chi connectivity index (χ0n) is 8.55. The van der Waals surface area contributed by atoms with E-state index in [1.54, 1.807) is 18.2 Å². The predicted molar refractivity (Wildman–Crippen MR) is 66.6 cm³/mol. The molecule has 0 spiro atoms. The van der Waals surface area contributed by atoms with E-state index in [1.807, 2.05) is 6.07 Å². The van der Waals surface area contributed by atoms with Crippen molar-refractivity contribution in [3.8, 4) is 17.2 Å². The first kappa shape index (κ1) is 11.9. The molecule has 0 N–H and O–H groups in total. The highest BCUT2D eigenvalue weighted by Crippen LogP contribution is 2.36. The van der Waals surface area contributed by atoms with Crippen molar-refractivity contribution in [2.24, 2.45) is 0 Å². The molecule has 1 nitrogen and oxygen atoms in total. The Morgan fingerprint density at radius 1 is 1.06 bits per heavy atom. The molecule has 0 aliphatic carbocycles. The molecule has 0 amide bonds. The maximum atomic E-state index is 13.0. The Labute approximate surface area is 108 Å². The lowest BCUT2D eigenvalue weighted by atomic mass is 10.00. The minimum atomic E-state index is -0.464. The summed E-state index contributed by atoms with van der Waals surface area (Å²) in [5, 5.41) is 9.85. The molecule has 0 heterocycles. The Morgan fingerprint density at radius 2 is 1.71 bits per heavy atom. The first-order valence-corrected chi connectivity index (χ1v) is 5.53. The molecule has 2 aromatic rings. The summed E-state index contributed by atoms with van der Waals surface area (Å²) in [5.74, 6) is -0.464. The van der Waals surface area contributed by atoms with Crippen LogP contribution < -0.4 is 0 Å². The maximum Gasteiger partial charge on any atom is 0.124 e. The van der Waals surface area contributed by atoms with E-state index in [2.05, 4.69) is 0 Å². The third-order valence-corrected chi connectivity index (χ3v) is 2.96. The molecule has 0 aliphatic heterocycles. The third-order valence-electron chi connectivity index (χ3n) is 2.33. The number of hydrogen-bond donors (Lipinski definition) is 0. The van der Waals surface area contributed by atoms with Gasteiger partial charge >= 0.3 is 0 Å². The van der Waals surface area contributed by atoms with E-state index in [1.165, 1.54) is 12.1 Å². The number of nitrogens with zero attached hydrogens (tertiary/aromatic N) is 1. The molecule has 2 aromatic carbocycles. The van der Waals surface area contributed by atoms with Gasteiger partial charge in [-0.1, -0.05) is 35.3 Å². The van der Waals surface area contributed by atoms with Crippen molar-refractivity contribution in [1.29, 1.82) is 5.26 Å². The van der Waals surface area contributed by atoms with Crippen molar-refractivity contribution in [1.82, 2.24) is 0 Å². The molecule has 0 saturated carbocycles. The van der Waals surface area contributed by atoms with Crippen LogP contribution in [0.3, 0.4) is 0 Å². The van der Waals surface area contributed by atoms with Crippen molar-refractivity contribution in [3.63, 3.8) is 0 Å². The molecule has 0 atom stereocenters. The van der Waals surface area contributed by atoms with Crippen molar-refractivity contribution in [3.05, 3.63) is 57.8 Å². The van der Waals surface area contributed by atoms with Crippen molar-refractivity contribution < 1.29 is 4.39 Å². The van der Waals surface area contributed by atoms with Gasteiger partial charge in [0.1, 0.15) is 5.82 Å². The van der Waals surface area contributed by atoms with E-state index in [0.717, 1.165) is 6.07 Å². The minimum Gasteiger partial charge on any atom is -0.207 e. The molecule has 0 radical (unpaired) electrons. The van der Waals surface area contributed by atoms with Crippen molar-refractivity contribution in [2.45, 2.75) is 0 Å². The summed E-state index contributed by atoms with van der Waals surface area (Å²) in [6, 6.07) is 10.9. The van der Waals surface area contributed by atoms with Crippen molar-refractivity contribution in [2.75, 3.05) is 0 Å². The fraction of sp³-hybridized carbons (Fsp3) is 0. The Kier molecular flexibility index (Phi) is 3.33. The Morgan fingerprint density at radius 3 is 2.29 bits per heavy atom. The summed E-state index contributed by atoms with van der Waals surface area (Å²) in [6.07, 6.45) is 0. The molecule has 4 heteroatoms. The molecule has 0 aromatic heterocycles. The van der Waals surface area contributed by atoms with Crippen LogP contribution in [0.1, 0.15) is 5.56 Å².